The minimum Gasteiger partial charge on any atom is -0.460 e. The van der Waals surface area contributed by atoms with Crippen LogP contribution in [0.2, 0.25) is 0 Å². The van der Waals surface area contributed by atoms with E-state index in [0.717, 1.165) is 0 Å². The highest BCUT2D eigenvalue weighted by molar-refractivity contribution is 5.90. The van der Waals surface area contributed by atoms with Crippen molar-refractivity contribution in [3.05, 3.63) is 29.8 Å². The van der Waals surface area contributed by atoms with E-state index in [-0.39, 0.29) is 35.9 Å². The van der Waals surface area contributed by atoms with E-state index in [1.165, 1.54) is 0 Å². The second-order valence-electron chi connectivity index (χ2n) is 13.7. The molecule has 0 aliphatic rings. The van der Waals surface area contributed by atoms with Crippen molar-refractivity contribution in [3.63, 3.8) is 0 Å². The zero-order valence-electron chi connectivity index (χ0n) is 28.3. The lowest BCUT2D eigenvalue weighted by Gasteiger charge is -2.32. The number of hydrogen-bond donors (Lipinski definition) is 3. The first-order valence-electron chi connectivity index (χ1n) is 15.1. The highest BCUT2D eigenvalue weighted by Gasteiger charge is 2.31. The molecule has 250 valence electrons. The number of esters is 2. The van der Waals surface area contributed by atoms with Gasteiger partial charge < -0.3 is 25.4 Å². The van der Waals surface area contributed by atoms with E-state index in [4.69, 9.17) is 25.5 Å². The molecule has 11 nitrogen and oxygen atoms in total. The molecule has 0 saturated heterocycles. The third kappa shape index (κ3) is 20.4. The summed E-state index contributed by atoms with van der Waals surface area (Å²) in [5.74, 6) is 1.56. The Kier molecular flexibility index (Phi) is 17.5. The van der Waals surface area contributed by atoms with Crippen LogP contribution in [0.15, 0.2) is 24.3 Å². The Balaban J connectivity index is 0.00000618. The monoisotopic (exact) mass is 629 g/mol. The summed E-state index contributed by atoms with van der Waals surface area (Å²) >= 11 is 0. The quantitative estimate of drug-likeness (QED) is 0.146. The average molecular weight is 630 g/mol. The number of unbranched alkanes of at least 4 members (excludes halogenated alkanes) is 2. The van der Waals surface area contributed by atoms with Crippen molar-refractivity contribution in [2.75, 3.05) is 5.32 Å². The number of anilines is 1. The van der Waals surface area contributed by atoms with Gasteiger partial charge in [0.25, 0.3) is 0 Å². The Hall–Kier alpha value is -4.16. The molecule has 0 aliphatic carbocycles. The number of urea groups is 1. The van der Waals surface area contributed by atoms with E-state index < -0.39 is 29.2 Å². The number of carbonyl (C=O) groups is 4. The molecule has 0 spiro atoms. The first kappa shape index (κ1) is 40.8. The van der Waals surface area contributed by atoms with E-state index in [1.807, 2.05) is 41.5 Å². The van der Waals surface area contributed by atoms with E-state index in [1.54, 1.807) is 45.0 Å². The molecule has 3 N–H and O–H groups in total. The summed E-state index contributed by atoms with van der Waals surface area (Å²) in [6, 6.07) is 5.38. The molecule has 1 aromatic rings. The van der Waals surface area contributed by atoms with E-state index in [2.05, 4.69) is 21.9 Å². The second-order valence-corrected chi connectivity index (χ2v) is 13.7. The second kappa shape index (κ2) is 19.3. The van der Waals surface area contributed by atoms with E-state index in [0.29, 0.717) is 49.8 Å². The van der Waals surface area contributed by atoms with Gasteiger partial charge in [0, 0.05) is 30.1 Å². The Morgan fingerprint density at radius 3 is 1.96 bits per heavy atom. The summed E-state index contributed by atoms with van der Waals surface area (Å²) in [4.78, 5) is 66.8. The summed E-state index contributed by atoms with van der Waals surface area (Å²) in [5, 5.41) is 8.56. The highest BCUT2D eigenvalue weighted by atomic mass is 16.6. The van der Waals surface area contributed by atoms with Crippen LogP contribution in [0.1, 0.15) is 113 Å². The lowest BCUT2D eigenvalue weighted by atomic mass is 9.84. The lowest BCUT2D eigenvalue weighted by molar-refractivity contribution is -0.191. The van der Waals surface area contributed by atoms with Gasteiger partial charge in [-0.2, -0.15) is 9.59 Å². The predicted molar refractivity (Wildman–Crippen MR) is 171 cm³/mol. The molecule has 0 aliphatic heterocycles. The molecule has 45 heavy (non-hydrogen) atoms. The number of terminal acetylenes is 1. The van der Waals surface area contributed by atoms with Gasteiger partial charge in [-0.25, -0.2) is 9.59 Å². The van der Waals surface area contributed by atoms with Crippen LogP contribution in [0.5, 0.6) is 0 Å². The molecule has 3 amide bonds. The number of amides is 3. The van der Waals surface area contributed by atoms with Gasteiger partial charge in [0.1, 0.15) is 17.2 Å². The predicted octanol–water partition coefficient (Wildman–Crippen LogP) is 5.52. The SMILES string of the molecule is C#Cc1cccc(NC(=O)CCCCC[C@H](NC(=O)N[C@@H](CCC(=O)OC(C)(C)C)C(C)(C)C)C(=O)OC(C)(C)C)c1.O=C=O. The molecule has 0 radical (unpaired) electrons. The molecule has 0 heterocycles. The molecule has 0 saturated carbocycles. The van der Waals surface area contributed by atoms with Crippen LogP contribution in [-0.2, 0) is 33.4 Å². The number of nitrogens with one attached hydrogen (secondary N) is 3. The van der Waals surface area contributed by atoms with Crippen molar-refractivity contribution in [1.82, 2.24) is 10.6 Å². The molecule has 0 fully saturated rings. The molecule has 0 aromatic heterocycles. The maximum absolute atomic E-state index is 13.0. The largest absolute Gasteiger partial charge is 0.460 e. The molecule has 11 heteroatoms. The highest BCUT2D eigenvalue weighted by Crippen LogP contribution is 2.24. The van der Waals surface area contributed by atoms with Gasteiger partial charge in [0.05, 0.1) is 0 Å². The minimum atomic E-state index is -0.865. The third-order valence-electron chi connectivity index (χ3n) is 6.11. The molecular weight excluding hydrogens is 578 g/mol. The first-order chi connectivity index (χ1) is 20.7. The molecule has 2 atom stereocenters. The van der Waals surface area contributed by atoms with Gasteiger partial charge in [-0.05, 0) is 84.4 Å². The van der Waals surface area contributed by atoms with Gasteiger partial charge in [-0.15, -0.1) is 6.42 Å². The molecule has 1 rings (SSSR count). The van der Waals surface area contributed by atoms with Gasteiger partial charge in [0.2, 0.25) is 5.91 Å². The summed E-state index contributed by atoms with van der Waals surface area (Å²) in [6.45, 7) is 16.7. The Bertz CT molecular complexity index is 1190. The van der Waals surface area contributed by atoms with Crippen LogP contribution in [0.3, 0.4) is 0 Å². The Morgan fingerprint density at radius 1 is 0.822 bits per heavy atom. The third-order valence-corrected chi connectivity index (χ3v) is 6.11. The van der Waals surface area contributed by atoms with Crippen LogP contribution in [0.4, 0.5) is 10.5 Å². The fraction of sp³-hybridized carbons (Fsp3) is 0.618. The van der Waals surface area contributed by atoms with Crippen molar-refractivity contribution >= 4 is 35.7 Å². The smallest absolute Gasteiger partial charge is 0.373 e. The number of ether oxygens (including phenoxy) is 2. The topological polar surface area (TPSA) is 157 Å². The van der Waals surface area contributed by atoms with Crippen molar-refractivity contribution in [2.24, 2.45) is 5.41 Å². The van der Waals surface area contributed by atoms with Crippen molar-refractivity contribution in [3.8, 4) is 12.3 Å². The summed E-state index contributed by atoms with van der Waals surface area (Å²) in [6.07, 6.45) is 8.77. The Labute approximate surface area is 268 Å². The van der Waals surface area contributed by atoms with Crippen LogP contribution in [-0.4, -0.2) is 53.3 Å². The van der Waals surface area contributed by atoms with E-state index >= 15 is 0 Å². The molecule has 0 unspecified atom stereocenters. The zero-order valence-corrected chi connectivity index (χ0v) is 28.3. The average Bonchev–Trinajstić information content (AvgIpc) is 2.88. The van der Waals surface area contributed by atoms with Crippen LogP contribution in [0, 0.1) is 17.8 Å². The summed E-state index contributed by atoms with van der Waals surface area (Å²) in [7, 11) is 0. The van der Waals surface area contributed by atoms with Gasteiger partial charge >= 0.3 is 24.1 Å². The number of hydrogen-bond acceptors (Lipinski definition) is 8. The summed E-state index contributed by atoms with van der Waals surface area (Å²) < 4.78 is 11.0. The zero-order chi connectivity index (χ0) is 34.8. The number of rotatable bonds is 13. The number of benzene rings is 1. The lowest BCUT2D eigenvalue weighted by Crippen LogP contribution is -2.53. The van der Waals surface area contributed by atoms with Crippen LogP contribution < -0.4 is 16.0 Å². The van der Waals surface area contributed by atoms with E-state index in [9.17, 15) is 19.2 Å². The minimum absolute atomic E-state index is 0.120. The number of carbonyl (C=O) groups excluding carboxylic acids is 6. The van der Waals surface area contributed by atoms with Crippen molar-refractivity contribution < 1.29 is 38.2 Å². The molecular formula is C34H51N3O8. The Morgan fingerprint density at radius 2 is 1.42 bits per heavy atom. The van der Waals surface area contributed by atoms with Crippen LogP contribution >= 0.6 is 0 Å². The fourth-order valence-corrected chi connectivity index (χ4v) is 4.08. The molecule has 1 aromatic carbocycles. The maximum atomic E-state index is 13.0. The van der Waals surface area contributed by atoms with Gasteiger partial charge in [-0.1, -0.05) is 45.6 Å². The van der Waals surface area contributed by atoms with Crippen molar-refractivity contribution in [2.45, 2.75) is 131 Å². The van der Waals surface area contributed by atoms with Crippen LogP contribution in [0.25, 0.3) is 0 Å². The fourth-order valence-electron chi connectivity index (χ4n) is 4.08. The van der Waals surface area contributed by atoms with Gasteiger partial charge in [-0.3, -0.25) is 9.59 Å². The normalized spacial score (nSPS) is 12.5. The van der Waals surface area contributed by atoms with Gasteiger partial charge in [0.15, 0.2) is 0 Å². The first-order valence-corrected chi connectivity index (χ1v) is 15.1. The molecule has 0 bridgehead atoms. The maximum Gasteiger partial charge on any atom is 0.373 e. The summed E-state index contributed by atoms with van der Waals surface area (Å²) in [5.41, 5.74) is -0.310. The van der Waals surface area contributed by atoms with Crippen molar-refractivity contribution in [1.29, 1.82) is 0 Å². The standard InChI is InChI=1S/C33H51N3O6.CO2/c1-11-23-16-15-17-24(22-23)34-27(37)19-14-12-13-18-25(29(39)42-33(8,9)10)35-30(40)36-26(31(2,3)4)20-21-28(38)41-32(5,6)7;2-1-3/h1,15-17,22,25-26H,12-14,18-21H2,2-10H3,(H,34,37)(H2,35,36,40);/t25-,26-;/m0./s1.